The highest BCUT2D eigenvalue weighted by molar-refractivity contribution is 5.32. The number of aliphatic hydroxyl groups excluding tert-OH is 1. The molecule has 23 heavy (non-hydrogen) atoms. The van der Waals surface area contributed by atoms with Crippen molar-refractivity contribution in [2.75, 3.05) is 20.3 Å². The Hall–Kier alpha value is -1.75. The van der Waals surface area contributed by atoms with Crippen molar-refractivity contribution in [3.8, 4) is 11.5 Å². The number of halogens is 1. The predicted octanol–water partition coefficient (Wildman–Crippen LogP) is -0.210. The minimum Gasteiger partial charge on any atom is -1.00 e. The Morgan fingerprint density at radius 2 is 1.74 bits per heavy atom. The topological polar surface area (TPSA) is 50.7 Å². The lowest BCUT2D eigenvalue weighted by Gasteiger charge is -2.18. The molecular formula is C18H23ClNO3-. The summed E-state index contributed by atoms with van der Waals surface area (Å²) < 4.78 is 10.7. The summed E-state index contributed by atoms with van der Waals surface area (Å²) in [7, 11) is 1.61. The zero-order chi connectivity index (χ0) is 15.8. The molecule has 0 aliphatic rings. The number of hydrogen-bond donors (Lipinski definition) is 2. The summed E-state index contributed by atoms with van der Waals surface area (Å²) in [5.41, 5.74) is 1.20. The molecule has 4 nitrogen and oxygen atoms in total. The molecule has 0 aliphatic heterocycles. The number of ether oxygens (including phenoxy) is 2. The van der Waals surface area contributed by atoms with E-state index in [0.717, 1.165) is 5.75 Å². The maximum atomic E-state index is 10.0. The Balaban J connectivity index is 0.00000264. The molecular weight excluding hydrogens is 314 g/mol. The molecule has 2 aromatic carbocycles. The zero-order valence-electron chi connectivity index (χ0n) is 13.4. The van der Waals surface area contributed by atoms with Crippen LogP contribution < -0.4 is 27.2 Å². The Kier molecular flexibility index (Phi) is 8.48. The van der Waals surface area contributed by atoms with Gasteiger partial charge in [0.15, 0.2) is 0 Å². The Labute approximate surface area is 143 Å². The first-order valence-electron chi connectivity index (χ1n) is 7.42. The van der Waals surface area contributed by atoms with Crippen LogP contribution in [0.1, 0.15) is 18.5 Å². The second kappa shape index (κ2) is 10.1. The van der Waals surface area contributed by atoms with Crippen molar-refractivity contribution in [1.29, 1.82) is 0 Å². The smallest absolute Gasteiger partial charge is 0.123 e. The fourth-order valence-electron chi connectivity index (χ4n) is 2.11. The fourth-order valence-corrected chi connectivity index (χ4v) is 2.11. The molecule has 2 rings (SSSR count). The van der Waals surface area contributed by atoms with E-state index in [9.17, 15) is 5.11 Å². The largest absolute Gasteiger partial charge is 1.00 e. The van der Waals surface area contributed by atoms with Crippen LogP contribution in [-0.4, -0.2) is 31.5 Å². The van der Waals surface area contributed by atoms with Gasteiger partial charge >= 0.3 is 0 Å². The van der Waals surface area contributed by atoms with Crippen LogP contribution in [0.5, 0.6) is 11.5 Å². The van der Waals surface area contributed by atoms with Crippen molar-refractivity contribution in [2.45, 2.75) is 19.1 Å². The molecule has 0 saturated heterocycles. The van der Waals surface area contributed by atoms with Crippen LogP contribution in [0.15, 0.2) is 54.6 Å². The molecule has 0 radical (unpaired) electrons. The summed E-state index contributed by atoms with van der Waals surface area (Å²) in [5, 5.41) is 13.3. The molecule has 0 spiro atoms. The summed E-state index contributed by atoms with van der Waals surface area (Å²) >= 11 is 0. The maximum absolute atomic E-state index is 10.0. The number of benzene rings is 2. The molecule has 2 atom stereocenters. The van der Waals surface area contributed by atoms with Gasteiger partial charge in [0.05, 0.1) is 7.11 Å². The van der Waals surface area contributed by atoms with E-state index in [4.69, 9.17) is 9.47 Å². The van der Waals surface area contributed by atoms with Crippen LogP contribution in [0.2, 0.25) is 0 Å². The Morgan fingerprint density at radius 3 is 2.43 bits per heavy atom. The van der Waals surface area contributed by atoms with Crippen molar-refractivity contribution < 1.29 is 27.0 Å². The van der Waals surface area contributed by atoms with E-state index in [-0.39, 0.29) is 25.1 Å². The number of methoxy groups -OCH3 is 1. The molecule has 126 valence electrons. The lowest BCUT2D eigenvalue weighted by atomic mass is 10.1. The lowest BCUT2D eigenvalue weighted by molar-refractivity contribution is -0.00000666. The second-order valence-electron chi connectivity index (χ2n) is 5.18. The van der Waals surface area contributed by atoms with Crippen LogP contribution in [0, 0.1) is 0 Å². The van der Waals surface area contributed by atoms with Crippen molar-refractivity contribution in [2.24, 2.45) is 0 Å². The van der Waals surface area contributed by atoms with Gasteiger partial charge in [-0.2, -0.15) is 0 Å². The number of aliphatic hydroxyl groups is 1. The summed E-state index contributed by atoms with van der Waals surface area (Å²) in [6.45, 7) is 2.78. The molecule has 0 bridgehead atoms. The molecule has 0 fully saturated rings. The van der Waals surface area contributed by atoms with Crippen molar-refractivity contribution in [3.05, 3.63) is 60.2 Å². The minimum absolute atomic E-state index is 0. The van der Waals surface area contributed by atoms with Crippen LogP contribution in [-0.2, 0) is 0 Å². The first-order chi connectivity index (χ1) is 10.7. The maximum Gasteiger partial charge on any atom is 0.123 e. The van der Waals surface area contributed by atoms with E-state index in [2.05, 4.69) is 24.4 Å². The van der Waals surface area contributed by atoms with Gasteiger partial charge in [-0.15, -0.1) is 0 Å². The van der Waals surface area contributed by atoms with Gasteiger partial charge in [0.25, 0.3) is 0 Å². The third kappa shape index (κ3) is 6.48. The van der Waals surface area contributed by atoms with E-state index in [0.29, 0.717) is 12.3 Å². The van der Waals surface area contributed by atoms with E-state index in [1.807, 2.05) is 36.4 Å². The average molecular weight is 337 g/mol. The van der Waals surface area contributed by atoms with Crippen LogP contribution in [0.4, 0.5) is 0 Å². The van der Waals surface area contributed by atoms with Crippen LogP contribution in [0.3, 0.4) is 0 Å². The van der Waals surface area contributed by atoms with Crippen LogP contribution >= 0.6 is 0 Å². The molecule has 0 amide bonds. The van der Waals surface area contributed by atoms with Gasteiger partial charge < -0.3 is 32.3 Å². The number of hydrogen-bond acceptors (Lipinski definition) is 4. The third-order valence-electron chi connectivity index (χ3n) is 3.44. The quantitative estimate of drug-likeness (QED) is 0.700. The molecule has 2 aromatic rings. The molecule has 0 aromatic heterocycles. The number of nitrogens with one attached hydrogen (secondary N) is 1. The van der Waals surface area contributed by atoms with E-state index < -0.39 is 6.10 Å². The van der Waals surface area contributed by atoms with E-state index in [1.165, 1.54) is 5.56 Å². The number of rotatable bonds is 8. The Morgan fingerprint density at radius 1 is 1.04 bits per heavy atom. The molecule has 0 saturated carbocycles. The average Bonchev–Trinajstić information content (AvgIpc) is 2.58. The van der Waals surface area contributed by atoms with Gasteiger partial charge in [-0.05, 0) is 24.6 Å². The van der Waals surface area contributed by atoms with Crippen molar-refractivity contribution >= 4 is 0 Å². The summed E-state index contributed by atoms with van der Waals surface area (Å²) in [6, 6.07) is 17.7. The van der Waals surface area contributed by atoms with Gasteiger partial charge in [-0.25, -0.2) is 0 Å². The first-order valence-corrected chi connectivity index (χ1v) is 7.42. The first kappa shape index (κ1) is 19.3. The highest BCUT2D eigenvalue weighted by atomic mass is 35.5. The highest BCUT2D eigenvalue weighted by Gasteiger charge is 2.09. The minimum atomic E-state index is -0.572. The van der Waals surface area contributed by atoms with Crippen molar-refractivity contribution in [1.82, 2.24) is 5.32 Å². The fraction of sp³-hybridized carbons (Fsp3) is 0.333. The monoisotopic (exact) mass is 336 g/mol. The predicted molar refractivity (Wildman–Crippen MR) is 87.4 cm³/mol. The van der Waals surface area contributed by atoms with Gasteiger partial charge in [-0.1, -0.05) is 36.4 Å². The van der Waals surface area contributed by atoms with E-state index >= 15 is 0 Å². The molecule has 5 heteroatoms. The molecule has 2 N–H and O–H groups in total. The van der Waals surface area contributed by atoms with Gasteiger partial charge in [-0.3, -0.25) is 0 Å². The van der Waals surface area contributed by atoms with Crippen LogP contribution in [0.25, 0.3) is 0 Å². The summed E-state index contributed by atoms with van der Waals surface area (Å²) in [5.74, 6) is 1.43. The van der Waals surface area contributed by atoms with Gasteiger partial charge in [0.2, 0.25) is 0 Å². The molecule has 0 heterocycles. The second-order valence-corrected chi connectivity index (χ2v) is 5.18. The SMILES string of the molecule is COc1cccc(OCC(O)CNC(C)c2ccccc2)c1.[Cl-]. The van der Waals surface area contributed by atoms with E-state index in [1.54, 1.807) is 13.2 Å². The van der Waals surface area contributed by atoms with Gasteiger partial charge in [0, 0.05) is 18.7 Å². The van der Waals surface area contributed by atoms with Gasteiger partial charge in [0.1, 0.15) is 24.2 Å². The summed E-state index contributed by atoms with van der Waals surface area (Å²) in [6.07, 6.45) is -0.572. The summed E-state index contributed by atoms with van der Waals surface area (Å²) in [4.78, 5) is 0. The highest BCUT2D eigenvalue weighted by Crippen LogP contribution is 2.19. The standard InChI is InChI=1S/C18H23NO3.ClH/c1-14(15-7-4-3-5-8-15)19-12-16(20)13-22-18-10-6-9-17(11-18)21-2;/h3-11,14,16,19-20H,12-13H2,1-2H3;1H/p-1. The molecule has 2 unspecified atom stereocenters. The lowest BCUT2D eigenvalue weighted by Crippen LogP contribution is -3.00. The zero-order valence-corrected chi connectivity index (χ0v) is 14.2. The Bertz CT molecular complexity index is 565. The molecule has 0 aliphatic carbocycles. The normalized spacial score (nSPS) is 12.8. The van der Waals surface area contributed by atoms with Crippen molar-refractivity contribution in [3.63, 3.8) is 0 Å². The third-order valence-corrected chi connectivity index (χ3v) is 3.44.